The fourth-order valence-corrected chi connectivity index (χ4v) is 3.98. The number of nitrogens with zero attached hydrogens (tertiary/aromatic N) is 1. The molecule has 0 aliphatic heterocycles. The summed E-state index contributed by atoms with van der Waals surface area (Å²) in [6.45, 7) is 6.35. The summed E-state index contributed by atoms with van der Waals surface area (Å²) >= 11 is 0. The summed E-state index contributed by atoms with van der Waals surface area (Å²) in [5, 5.41) is 6.42. The number of ether oxygens (including phenoxy) is 1. The fraction of sp³-hybridized carbons (Fsp3) is 0.632. The van der Waals surface area contributed by atoms with Gasteiger partial charge in [-0.05, 0) is 31.4 Å². The van der Waals surface area contributed by atoms with Crippen molar-refractivity contribution in [1.82, 2.24) is 10.6 Å². The Hall–Kier alpha value is -0.870. The van der Waals surface area contributed by atoms with E-state index in [1.54, 1.807) is 31.3 Å². The number of halogens is 1. The van der Waals surface area contributed by atoms with E-state index in [4.69, 9.17) is 4.74 Å². The lowest BCUT2D eigenvalue weighted by Gasteiger charge is -2.20. The second kappa shape index (κ2) is 15.1. The van der Waals surface area contributed by atoms with Gasteiger partial charge in [-0.15, -0.1) is 24.0 Å². The zero-order valence-electron chi connectivity index (χ0n) is 16.6. The third-order valence-corrected chi connectivity index (χ3v) is 5.81. The molecule has 1 aromatic rings. The SMILES string of the molecule is CCCCOCCCNC(=NC)NC(CC)CS(=O)(=O)c1ccccc1.I. The summed E-state index contributed by atoms with van der Waals surface area (Å²) in [4.78, 5) is 4.54. The van der Waals surface area contributed by atoms with Gasteiger partial charge >= 0.3 is 0 Å². The highest BCUT2D eigenvalue weighted by molar-refractivity contribution is 14.0. The molecule has 0 bridgehead atoms. The molecule has 6 nitrogen and oxygen atoms in total. The monoisotopic (exact) mass is 511 g/mol. The molecule has 0 amide bonds. The molecule has 1 atom stereocenters. The van der Waals surface area contributed by atoms with Crippen LogP contribution in [0.5, 0.6) is 0 Å². The molecule has 1 unspecified atom stereocenters. The zero-order valence-corrected chi connectivity index (χ0v) is 19.8. The molecular weight excluding hydrogens is 477 g/mol. The minimum atomic E-state index is -3.33. The Labute approximate surface area is 181 Å². The molecule has 0 fully saturated rings. The van der Waals surface area contributed by atoms with Crippen molar-refractivity contribution < 1.29 is 13.2 Å². The van der Waals surface area contributed by atoms with Crippen molar-refractivity contribution in [2.24, 2.45) is 4.99 Å². The zero-order chi connectivity index (χ0) is 19.3. The van der Waals surface area contributed by atoms with Crippen LogP contribution in [0.1, 0.15) is 39.5 Å². The van der Waals surface area contributed by atoms with Crippen LogP contribution in [0.25, 0.3) is 0 Å². The van der Waals surface area contributed by atoms with Gasteiger partial charge in [0.2, 0.25) is 0 Å². The van der Waals surface area contributed by atoms with Crippen LogP contribution < -0.4 is 10.6 Å². The van der Waals surface area contributed by atoms with Crippen LogP contribution in [0.4, 0.5) is 0 Å². The van der Waals surface area contributed by atoms with Crippen molar-refractivity contribution >= 4 is 39.8 Å². The van der Waals surface area contributed by atoms with Gasteiger partial charge in [0.25, 0.3) is 0 Å². The third kappa shape index (κ3) is 10.9. The van der Waals surface area contributed by atoms with Crippen LogP contribution in [0, 0.1) is 0 Å². The van der Waals surface area contributed by atoms with E-state index in [1.807, 2.05) is 13.0 Å². The number of unbranched alkanes of at least 4 members (excludes halogenated alkanes) is 1. The van der Waals surface area contributed by atoms with Crippen LogP contribution in [-0.4, -0.2) is 53.0 Å². The summed E-state index contributed by atoms with van der Waals surface area (Å²) < 4.78 is 30.6. The van der Waals surface area contributed by atoms with E-state index in [9.17, 15) is 8.42 Å². The first-order valence-electron chi connectivity index (χ1n) is 9.36. The molecule has 27 heavy (non-hydrogen) atoms. The van der Waals surface area contributed by atoms with Gasteiger partial charge in [0.15, 0.2) is 15.8 Å². The molecule has 0 heterocycles. The van der Waals surface area contributed by atoms with Crippen LogP contribution in [0.3, 0.4) is 0 Å². The van der Waals surface area contributed by atoms with Gasteiger partial charge < -0.3 is 15.4 Å². The van der Waals surface area contributed by atoms with E-state index in [2.05, 4.69) is 22.5 Å². The predicted octanol–water partition coefficient (Wildman–Crippen LogP) is 3.23. The lowest BCUT2D eigenvalue weighted by Crippen LogP contribution is -2.46. The van der Waals surface area contributed by atoms with Crippen LogP contribution in [0.15, 0.2) is 40.2 Å². The predicted molar refractivity (Wildman–Crippen MR) is 123 cm³/mol. The largest absolute Gasteiger partial charge is 0.381 e. The van der Waals surface area contributed by atoms with E-state index < -0.39 is 9.84 Å². The average Bonchev–Trinajstić information content (AvgIpc) is 2.66. The van der Waals surface area contributed by atoms with Crippen molar-refractivity contribution in [2.45, 2.75) is 50.5 Å². The first-order chi connectivity index (χ1) is 12.5. The Morgan fingerprint density at radius 2 is 1.81 bits per heavy atom. The van der Waals surface area contributed by atoms with Gasteiger partial charge in [-0.25, -0.2) is 8.42 Å². The quantitative estimate of drug-likeness (QED) is 0.195. The van der Waals surface area contributed by atoms with Gasteiger partial charge in [-0.1, -0.05) is 38.5 Å². The van der Waals surface area contributed by atoms with Crippen molar-refractivity contribution in [1.29, 1.82) is 0 Å². The van der Waals surface area contributed by atoms with Crippen molar-refractivity contribution in [3.63, 3.8) is 0 Å². The minimum absolute atomic E-state index is 0. The number of sulfone groups is 1. The number of aliphatic imine (C=N–C) groups is 1. The molecule has 156 valence electrons. The molecule has 0 saturated heterocycles. The summed E-state index contributed by atoms with van der Waals surface area (Å²) in [5.41, 5.74) is 0. The second-order valence-corrected chi connectivity index (χ2v) is 8.20. The standard InChI is InChI=1S/C19H33N3O3S.HI/c1-4-6-14-25-15-10-13-21-19(20-3)22-17(5-2)16-26(23,24)18-11-8-7-9-12-18;/h7-9,11-12,17H,4-6,10,13-16H2,1-3H3,(H2,20,21,22);1H. The maximum atomic E-state index is 12.5. The number of nitrogens with one attached hydrogen (secondary N) is 2. The molecule has 0 radical (unpaired) electrons. The van der Waals surface area contributed by atoms with E-state index in [0.717, 1.165) is 32.4 Å². The summed E-state index contributed by atoms with van der Waals surface area (Å²) in [6, 6.07) is 8.36. The van der Waals surface area contributed by atoms with Crippen molar-refractivity contribution in [3.8, 4) is 0 Å². The Morgan fingerprint density at radius 1 is 1.15 bits per heavy atom. The van der Waals surface area contributed by atoms with E-state index in [0.29, 0.717) is 23.9 Å². The maximum Gasteiger partial charge on any atom is 0.191 e. The number of benzene rings is 1. The first kappa shape index (κ1) is 26.1. The van der Waals surface area contributed by atoms with Gasteiger partial charge in [0.1, 0.15) is 0 Å². The minimum Gasteiger partial charge on any atom is -0.381 e. The van der Waals surface area contributed by atoms with E-state index in [-0.39, 0.29) is 35.8 Å². The number of hydrogen-bond donors (Lipinski definition) is 2. The Morgan fingerprint density at radius 3 is 2.41 bits per heavy atom. The maximum absolute atomic E-state index is 12.5. The number of guanidine groups is 1. The highest BCUT2D eigenvalue weighted by Gasteiger charge is 2.20. The van der Waals surface area contributed by atoms with Crippen molar-refractivity contribution in [2.75, 3.05) is 32.6 Å². The lowest BCUT2D eigenvalue weighted by atomic mass is 10.2. The van der Waals surface area contributed by atoms with Gasteiger partial charge in [-0.2, -0.15) is 0 Å². The van der Waals surface area contributed by atoms with Gasteiger partial charge in [0.05, 0.1) is 10.6 Å². The highest BCUT2D eigenvalue weighted by Crippen LogP contribution is 2.12. The highest BCUT2D eigenvalue weighted by atomic mass is 127. The molecule has 0 aliphatic carbocycles. The summed E-state index contributed by atoms with van der Waals surface area (Å²) in [5.74, 6) is 0.655. The average molecular weight is 511 g/mol. The first-order valence-corrected chi connectivity index (χ1v) is 11.0. The van der Waals surface area contributed by atoms with Crippen LogP contribution in [0.2, 0.25) is 0 Å². The molecule has 8 heteroatoms. The topological polar surface area (TPSA) is 79.8 Å². The smallest absolute Gasteiger partial charge is 0.191 e. The van der Waals surface area contributed by atoms with Crippen LogP contribution >= 0.6 is 24.0 Å². The Kier molecular flexibility index (Phi) is 14.6. The lowest BCUT2D eigenvalue weighted by molar-refractivity contribution is 0.129. The molecule has 0 aliphatic rings. The van der Waals surface area contributed by atoms with Gasteiger partial charge in [0, 0.05) is 32.8 Å². The normalized spacial score (nSPS) is 12.9. The molecule has 1 aromatic carbocycles. The number of hydrogen-bond acceptors (Lipinski definition) is 4. The molecule has 0 spiro atoms. The van der Waals surface area contributed by atoms with E-state index in [1.165, 1.54) is 0 Å². The summed E-state index contributed by atoms with van der Waals surface area (Å²) in [6.07, 6.45) is 3.79. The van der Waals surface area contributed by atoms with Crippen LogP contribution in [-0.2, 0) is 14.6 Å². The van der Waals surface area contributed by atoms with Crippen molar-refractivity contribution in [3.05, 3.63) is 30.3 Å². The summed E-state index contributed by atoms with van der Waals surface area (Å²) in [7, 11) is -1.64. The molecule has 0 saturated carbocycles. The van der Waals surface area contributed by atoms with Gasteiger partial charge in [-0.3, -0.25) is 4.99 Å². The Balaban J connectivity index is 0.00000676. The molecule has 2 N–H and O–H groups in total. The Bertz CT molecular complexity index is 624. The molecular formula is C19H34IN3O3S. The fourth-order valence-electron chi connectivity index (χ4n) is 2.37. The number of rotatable bonds is 12. The van der Waals surface area contributed by atoms with E-state index >= 15 is 0 Å². The molecule has 0 aromatic heterocycles. The second-order valence-electron chi connectivity index (χ2n) is 6.16. The third-order valence-electron chi connectivity index (χ3n) is 3.98. The molecule has 1 rings (SSSR count).